The van der Waals surface area contributed by atoms with Crippen molar-refractivity contribution in [1.29, 1.82) is 0 Å². The Morgan fingerprint density at radius 1 is 1.14 bits per heavy atom. The molecule has 196 valence electrons. The highest BCUT2D eigenvalue weighted by Gasteiger charge is 2.45. The van der Waals surface area contributed by atoms with Crippen molar-refractivity contribution >= 4 is 22.6 Å². The van der Waals surface area contributed by atoms with E-state index in [2.05, 4.69) is 15.6 Å². The highest BCUT2D eigenvalue weighted by atomic mass is 19.1. The largest absolute Gasteiger partial charge is 0.391 e. The van der Waals surface area contributed by atoms with E-state index in [1.807, 2.05) is 46.0 Å². The number of nitrogens with zero attached hydrogens (tertiary/aromatic N) is 4. The van der Waals surface area contributed by atoms with Crippen LogP contribution in [0.5, 0.6) is 0 Å². The summed E-state index contributed by atoms with van der Waals surface area (Å²) in [7, 11) is 0. The lowest BCUT2D eigenvalue weighted by atomic mass is 9.85. The van der Waals surface area contributed by atoms with Crippen LogP contribution < -0.4 is 5.32 Å². The van der Waals surface area contributed by atoms with E-state index >= 15 is 0 Å². The van der Waals surface area contributed by atoms with Crippen molar-refractivity contribution in [3.63, 3.8) is 0 Å². The molecule has 2 amide bonds. The summed E-state index contributed by atoms with van der Waals surface area (Å²) in [6.45, 7) is 7.77. The van der Waals surface area contributed by atoms with Gasteiger partial charge in [-0.05, 0) is 42.2 Å². The second-order valence-electron chi connectivity index (χ2n) is 11.5. The zero-order chi connectivity index (χ0) is 26.5. The number of aliphatic hydroxyl groups is 1. The van der Waals surface area contributed by atoms with Gasteiger partial charge in [-0.15, -0.1) is 5.10 Å². The van der Waals surface area contributed by atoms with E-state index in [0.29, 0.717) is 11.3 Å². The van der Waals surface area contributed by atoms with Gasteiger partial charge >= 0.3 is 0 Å². The Morgan fingerprint density at radius 2 is 1.84 bits per heavy atom. The van der Waals surface area contributed by atoms with E-state index in [-0.39, 0.29) is 30.6 Å². The molecule has 3 unspecified atom stereocenters. The Kier molecular flexibility index (Phi) is 6.52. The number of aliphatic hydroxyl groups excluding tert-OH is 1. The molecular weight excluding hydrogens is 473 g/mol. The van der Waals surface area contributed by atoms with Crippen molar-refractivity contribution in [2.45, 2.75) is 77.1 Å². The fourth-order valence-electron chi connectivity index (χ4n) is 5.38. The minimum Gasteiger partial charge on any atom is -0.391 e. The van der Waals surface area contributed by atoms with Crippen LogP contribution in [0.25, 0.3) is 10.8 Å². The lowest BCUT2D eigenvalue weighted by Crippen LogP contribution is -2.50. The van der Waals surface area contributed by atoms with Crippen LogP contribution >= 0.6 is 0 Å². The molecular formula is C28H34FN5O3. The number of likely N-dealkylation sites (tertiary alicyclic amines) is 1. The smallest absolute Gasteiger partial charge is 0.248 e. The summed E-state index contributed by atoms with van der Waals surface area (Å²) >= 11 is 0. The van der Waals surface area contributed by atoms with Crippen LogP contribution in [-0.2, 0) is 9.59 Å². The first-order valence-corrected chi connectivity index (χ1v) is 12.9. The Morgan fingerprint density at radius 3 is 2.51 bits per heavy atom. The number of halogens is 1. The summed E-state index contributed by atoms with van der Waals surface area (Å²) in [5, 5.41) is 23.2. The zero-order valence-electron chi connectivity index (χ0n) is 21.7. The zero-order valence-corrected chi connectivity index (χ0v) is 21.7. The molecule has 9 heteroatoms. The highest BCUT2D eigenvalue weighted by molar-refractivity contribution is 5.91. The predicted octanol–water partition coefficient (Wildman–Crippen LogP) is 3.87. The van der Waals surface area contributed by atoms with Crippen molar-refractivity contribution in [2.24, 2.45) is 5.41 Å². The monoisotopic (exact) mass is 507 g/mol. The fraction of sp³-hybridized carbons (Fsp3) is 0.500. The van der Waals surface area contributed by atoms with E-state index in [1.54, 1.807) is 22.9 Å². The summed E-state index contributed by atoms with van der Waals surface area (Å²) in [5.74, 6) is -0.535. The second kappa shape index (κ2) is 9.52. The van der Waals surface area contributed by atoms with E-state index < -0.39 is 29.6 Å². The molecule has 0 radical (unpaired) electrons. The number of rotatable bonds is 6. The number of hydrogen-bond acceptors (Lipinski definition) is 5. The SMILES string of the molecule is CC(NC(=O)C1CC(O)CN1C(=O)[C@@H](n1cc(C2CC2)nn1)C(C)(C)C)c1ccc(F)c2ccccc12. The molecule has 2 aliphatic rings. The topological polar surface area (TPSA) is 100 Å². The minimum atomic E-state index is -0.826. The van der Waals surface area contributed by atoms with Gasteiger partial charge in [0.1, 0.15) is 17.9 Å². The molecule has 5 rings (SSSR count). The van der Waals surface area contributed by atoms with Gasteiger partial charge in [0.25, 0.3) is 0 Å². The van der Waals surface area contributed by atoms with Gasteiger partial charge < -0.3 is 15.3 Å². The molecule has 8 nitrogen and oxygen atoms in total. The molecule has 2 heterocycles. The van der Waals surface area contributed by atoms with Crippen molar-refractivity contribution in [2.75, 3.05) is 6.54 Å². The number of nitrogens with one attached hydrogen (secondary N) is 1. The first kappa shape index (κ1) is 25.3. The van der Waals surface area contributed by atoms with Crippen molar-refractivity contribution in [3.8, 4) is 0 Å². The summed E-state index contributed by atoms with van der Waals surface area (Å²) in [4.78, 5) is 28.9. The van der Waals surface area contributed by atoms with Gasteiger partial charge in [-0.1, -0.05) is 56.3 Å². The number of benzene rings is 2. The van der Waals surface area contributed by atoms with Crippen LogP contribution in [0.15, 0.2) is 42.6 Å². The third kappa shape index (κ3) is 4.97. The van der Waals surface area contributed by atoms with E-state index in [1.165, 1.54) is 11.0 Å². The molecule has 37 heavy (non-hydrogen) atoms. The van der Waals surface area contributed by atoms with Gasteiger partial charge in [0, 0.05) is 30.5 Å². The van der Waals surface area contributed by atoms with Gasteiger partial charge in [0.15, 0.2) is 0 Å². The molecule has 1 aliphatic heterocycles. The summed E-state index contributed by atoms with van der Waals surface area (Å²) in [6, 6.07) is 8.29. The normalized spacial score (nSPS) is 21.7. The molecule has 1 aromatic heterocycles. The number of hydrogen-bond donors (Lipinski definition) is 2. The van der Waals surface area contributed by atoms with E-state index in [9.17, 15) is 19.1 Å². The van der Waals surface area contributed by atoms with Crippen molar-refractivity contribution in [1.82, 2.24) is 25.2 Å². The van der Waals surface area contributed by atoms with Crippen LogP contribution in [0.2, 0.25) is 0 Å². The Balaban J connectivity index is 1.38. The standard InChI is InChI=1S/C28H34FN5O3/c1-16(19-11-12-22(29)21-8-6-5-7-20(19)21)30-26(36)24-13-18(35)14-33(24)27(37)25(28(2,3)4)34-15-23(31-32-34)17-9-10-17/h5-8,11-12,15-18,24-25,35H,9-10,13-14H2,1-4H3,(H,30,36)/t16?,18?,24?,25-/m1/s1. The third-order valence-electron chi connectivity index (χ3n) is 7.44. The molecule has 2 aromatic carbocycles. The summed E-state index contributed by atoms with van der Waals surface area (Å²) in [6.07, 6.45) is 3.34. The second-order valence-corrected chi connectivity index (χ2v) is 11.5. The average Bonchev–Trinajstić information content (AvgIpc) is 3.45. The minimum absolute atomic E-state index is 0.0710. The van der Waals surface area contributed by atoms with Crippen molar-refractivity contribution < 1.29 is 19.1 Å². The summed E-state index contributed by atoms with van der Waals surface area (Å²) < 4.78 is 15.9. The van der Waals surface area contributed by atoms with E-state index in [0.717, 1.165) is 29.5 Å². The van der Waals surface area contributed by atoms with Crippen LogP contribution in [0.4, 0.5) is 4.39 Å². The van der Waals surface area contributed by atoms with Gasteiger partial charge in [0.2, 0.25) is 11.8 Å². The molecule has 1 aliphatic carbocycles. The fourth-order valence-corrected chi connectivity index (χ4v) is 5.38. The quantitative estimate of drug-likeness (QED) is 0.528. The van der Waals surface area contributed by atoms with Crippen LogP contribution in [-0.4, -0.2) is 55.5 Å². The number of carbonyl (C=O) groups is 2. The molecule has 2 N–H and O–H groups in total. The van der Waals surface area contributed by atoms with Crippen LogP contribution in [0, 0.1) is 11.2 Å². The number of fused-ring (bicyclic) bond motifs is 1. The number of carbonyl (C=O) groups excluding carboxylic acids is 2. The van der Waals surface area contributed by atoms with Gasteiger partial charge in [-0.25, -0.2) is 9.07 Å². The molecule has 1 saturated carbocycles. The first-order valence-electron chi connectivity index (χ1n) is 12.9. The van der Waals surface area contributed by atoms with E-state index in [4.69, 9.17) is 0 Å². The van der Waals surface area contributed by atoms with Crippen molar-refractivity contribution in [3.05, 3.63) is 59.7 Å². The first-order chi connectivity index (χ1) is 17.5. The maximum absolute atomic E-state index is 14.3. The lowest BCUT2D eigenvalue weighted by molar-refractivity contribution is -0.144. The maximum atomic E-state index is 14.3. The predicted molar refractivity (Wildman–Crippen MR) is 137 cm³/mol. The van der Waals surface area contributed by atoms with Crippen LogP contribution in [0.1, 0.15) is 76.2 Å². The molecule has 4 atom stereocenters. The number of β-amino-alcohol motifs (C(OH)–C–C–N with tert-alkyl or cyclic N) is 1. The molecule has 3 aromatic rings. The van der Waals surface area contributed by atoms with Gasteiger partial charge in [0.05, 0.1) is 17.8 Å². The number of aromatic nitrogens is 3. The third-order valence-corrected chi connectivity index (χ3v) is 7.44. The Bertz CT molecular complexity index is 1330. The van der Waals surface area contributed by atoms with Crippen LogP contribution in [0.3, 0.4) is 0 Å². The Hall–Kier alpha value is -3.33. The average molecular weight is 508 g/mol. The lowest BCUT2D eigenvalue weighted by Gasteiger charge is -2.34. The Labute approximate surface area is 215 Å². The maximum Gasteiger partial charge on any atom is 0.248 e. The molecule has 0 spiro atoms. The molecule has 2 fully saturated rings. The molecule has 0 bridgehead atoms. The van der Waals surface area contributed by atoms with Gasteiger partial charge in [-0.2, -0.15) is 0 Å². The number of amides is 2. The molecule has 1 saturated heterocycles. The van der Waals surface area contributed by atoms with Gasteiger partial charge in [-0.3, -0.25) is 9.59 Å². The highest BCUT2D eigenvalue weighted by Crippen LogP contribution is 2.40. The summed E-state index contributed by atoms with van der Waals surface area (Å²) in [5.41, 5.74) is 1.17.